The first kappa shape index (κ1) is 11.1. The lowest BCUT2D eigenvalue weighted by molar-refractivity contribution is 0.297. The van der Waals surface area contributed by atoms with Crippen LogP contribution in [-0.2, 0) is 5.54 Å². The molecule has 14 heavy (non-hydrogen) atoms. The van der Waals surface area contributed by atoms with Crippen molar-refractivity contribution in [2.75, 3.05) is 0 Å². The lowest BCUT2D eigenvalue weighted by atomic mass is 9.82. The normalized spacial score (nSPS) is 15.6. The molecule has 0 fully saturated rings. The number of rotatable bonds is 3. The van der Waals surface area contributed by atoms with Gasteiger partial charge in [-0.05, 0) is 24.5 Å². The number of aromatic nitrogens is 1. The third-order valence-electron chi connectivity index (χ3n) is 2.82. The molecule has 0 saturated carbocycles. The van der Waals surface area contributed by atoms with Gasteiger partial charge in [0.15, 0.2) is 0 Å². The van der Waals surface area contributed by atoms with Gasteiger partial charge >= 0.3 is 0 Å². The van der Waals surface area contributed by atoms with Crippen molar-refractivity contribution in [3.63, 3.8) is 0 Å². The highest BCUT2D eigenvalue weighted by atomic mass is 19.1. The van der Waals surface area contributed by atoms with Gasteiger partial charge in [0.2, 0.25) is 0 Å². The molecule has 1 aromatic heterocycles. The summed E-state index contributed by atoms with van der Waals surface area (Å²) in [5.74, 6) is -0.0404. The summed E-state index contributed by atoms with van der Waals surface area (Å²) in [6.07, 6.45) is 2.01. The van der Waals surface area contributed by atoms with E-state index in [4.69, 9.17) is 5.73 Å². The van der Waals surface area contributed by atoms with Crippen molar-refractivity contribution in [3.05, 3.63) is 29.8 Å². The van der Waals surface area contributed by atoms with Crippen molar-refractivity contribution in [1.82, 2.24) is 4.98 Å². The molecule has 3 heteroatoms. The maximum atomic E-state index is 12.7. The molecule has 0 saturated heterocycles. The first-order chi connectivity index (χ1) is 6.50. The molecule has 0 amide bonds. The van der Waals surface area contributed by atoms with Crippen molar-refractivity contribution in [2.45, 2.75) is 32.7 Å². The van der Waals surface area contributed by atoms with Crippen LogP contribution in [0.1, 0.15) is 32.9 Å². The average molecular weight is 196 g/mol. The van der Waals surface area contributed by atoms with Crippen LogP contribution in [0.5, 0.6) is 0 Å². The van der Waals surface area contributed by atoms with Gasteiger partial charge in [0.05, 0.1) is 17.4 Å². The summed E-state index contributed by atoms with van der Waals surface area (Å²) in [5.41, 5.74) is 6.54. The van der Waals surface area contributed by atoms with Crippen LogP contribution in [0.3, 0.4) is 0 Å². The Morgan fingerprint density at radius 2 is 2.14 bits per heavy atom. The number of hydrogen-bond acceptors (Lipinski definition) is 2. The summed E-state index contributed by atoms with van der Waals surface area (Å²) in [6, 6.07) is 3.07. The predicted molar refractivity (Wildman–Crippen MR) is 55.2 cm³/mol. The topological polar surface area (TPSA) is 38.9 Å². The van der Waals surface area contributed by atoms with E-state index >= 15 is 0 Å². The molecule has 2 N–H and O–H groups in total. The Labute approximate surface area is 84.3 Å². The van der Waals surface area contributed by atoms with Crippen molar-refractivity contribution in [3.8, 4) is 0 Å². The Hall–Kier alpha value is -0.960. The smallest absolute Gasteiger partial charge is 0.141 e. The third-order valence-corrected chi connectivity index (χ3v) is 2.82. The summed E-state index contributed by atoms with van der Waals surface area (Å²) in [5, 5.41) is 0. The molecule has 0 bridgehead atoms. The highest BCUT2D eigenvalue weighted by Gasteiger charge is 2.30. The van der Waals surface area contributed by atoms with Gasteiger partial charge in [0.1, 0.15) is 5.82 Å². The molecule has 0 aliphatic heterocycles. The van der Waals surface area contributed by atoms with Gasteiger partial charge in [0, 0.05) is 0 Å². The van der Waals surface area contributed by atoms with Gasteiger partial charge in [-0.1, -0.05) is 20.8 Å². The van der Waals surface area contributed by atoms with Gasteiger partial charge in [-0.2, -0.15) is 0 Å². The number of pyridine rings is 1. The Bertz CT molecular complexity index is 295. The second-order valence-electron chi connectivity index (χ2n) is 3.91. The first-order valence-corrected chi connectivity index (χ1v) is 4.91. The lowest BCUT2D eigenvalue weighted by Crippen LogP contribution is -2.42. The van der Waals surface area contributed by atoms with Crippen molar-refractivity contribution in [1.29, 1.82) is 0 Å². The third kappa shape index (κ3) is 1.93. The SMILES string of the molecule is CCC(N)(c1ccc(F)cn1)C(C)C. The lowest BCUT2D eigenvalue weighted by Gasteiger charge is -2.31. The van der Waals surface area contributed by atoms with Crippen LogP contribution in [-0.4, -0.2) is 4.98 Å². The molecular weight excluding hydrogens is 179 g/mol. The quantitative estimate of drug-likeness (QED) is 0.806. The molecule has 0 aliphatic rings. The predicted octanol–water partition coefficient (Wildman–Crippen LogP) is 2.44. The molecule has 2 nitrogen and oxygen atoms in total. The standard InChI is InChI=1S/C11H17FN2/c1-4-11(13,8(2)3)10-6-5-9(12)7-14-10/h5-8H,4,13H2,1-3H3. The molecule has 0 aromatic carbocycles. The molecule has 1 unspecified atom stereocenters. The Morgan fingerprint density at radius 1 is 1.50 bits per heavy atom. The van der Waals surface area contributed by atoms with E-state index in [1.807, 2.05) is 6.92 Å². The largest absolute Gasteiger partial charge is 0.320 e. The first-order valence-electron chi connectivity index (χ1n) is 4.91. The van der Waals surface area contributed by atoms with E-state index in [1.54, 1.807) is 6.07 Å². The Balaban J connectivity index is 3.06. The average Bonchev–Trinajstić information content (AvgIpc) is 2.17. The van der Waals surface area contributed by atoms with Crippen LogP contribution in [0.4, 0.5) is 4.39 Å². The highest BCUT2D eigenvalue weighted by molar-refractivity contribution is 5.16. The molecule has 78 valence electrons. The summed E-state index contributed by atoms with van der Waals surface area (Å²) in [4.78, 5) is 4.04. The molecular formula is C11H17FN2. The fraction of sp³-hybridized carbons (Fsp3) is 0.545. The zero-order chi connectivity index (χ0) is 10.8. The fourth-order valence-electron chi connectivity index (χ4n) is 1.54. The second kappa shape index (κ2) is 4.05. The summed E-state index contributed by atoms with van der Waals surface area (Å²) >= 11 is 0. The fourth-order valence-corrected chi connectivity index (χ4v) is 1.54. The number of hydrogen-bond donors (Lipinski definition) is 1. The molecule has 0 aliphatic carbocycles. The molecule has 0 radical (unpaired) electrons. The molecule has 1 aromatic rings. The highest BCUT2D eigenvalue weighted by Crippen LogP contribution is 2.28. The van der Waals surface area contributed by atoms with Crippen molar-refractivity contribution >= 4 is 0 Å². The summed E-state index contributed by atoms with van der Waals surface area (Å²) in [6.45, 7) is 6.12. The number of nitrogens with two attached hydrogens (primary N) is 1. The van der Waals surface area contributed by atoms with Gasteiger partial charge in [0.25, 0.3) is 0 Å². The van der Waals surface area contributed by atoms with Gasteiger partial charge < -0.3 is 5.73 Å². The van der Waals surface area contributed by atoms with Gasteiger partial charge in [-0.25, -0.2) is 4.39 Å². The minimum absolute atomic E-state index is 0.283. The molecule has 1 rings (SSSR count). The second-order valence-corrected chi connectivity index (χ2v) is 3.91. The summed E-state index contributed by atoms with van der Waals surface area (Å²) < 4.78 is 12.7. The van der Waals surface area contributed by atoms with E-state index in [9.17, 15) is 4.39 Å². The van der Waals surface area contributed by atoms with E-state index in [0.717, 1.165) is 12.1 Å². The minimum Gasteiger partial charge on any atom is -0.320 e. The van der Waals surface area contributed by atoms with Crippen molar-refractivity contribution < 1.29 is 4.39 Å². The van der Waals surface area contributed by atoms with Crippen LogP contribution in [0.2, 0.25) is 0 Å². The van der Waals surface area contributed by atoms with Gasteiger partial charge in [-0.15, -0.1) is 0 Å². The molecule has 1 heterocycles. The molecule has 1 atom stereocenters. The monoisotopic (exact) mass is 196 g/mol. The number of nitrogens with zero attached hydrogens (tertiary/aromatic N) is 1. The van der Waals surface area contributed by atoms with E-state index in [2.05, 4.69) is 18.8 Å². The van der Waals surface area contributed by atoms with Gasteiger partial charge in [-0.3, -0.25) is 4.98 Å². The number of halogens is 1. The minimum atomic E-state index is -0.451. The van der Waals surface area contributed by atoms with E-state index in [-0.39, 0.29) is 11.7 Å². The summed E-state index contributed by atoms with van der Waals surface area (Å²) in [7, 11) is 0. The zero-order valence-electron chi connectivity index (χ0n) is 8.92. The Morgan fingerprint density at radius 3 is 2.50 bits per heavy atom. The van der Waals surface area contributed by atoms with Crippen LogP contribution >= 0.6 is 0 Å². The Kier molecular flexibility index (Phi) is 3.21. The zero-order valence-corrected chi connectivity index (χ0v) is 8.92. The maximum absolute atomic E-state index is 12.7. The van der Waals surface area contributed by atoms with Crippen LogP contribution in [0.25, 0.3) is 0 Å². The van der Waals surface area contributed by atoms with E-state index in [1.165, 1.54) is 12.3 Å². The van der Waals surface area contributed by atoms with Crippen molar-refractivity contribution in [2.24, 2.45) is 11.7 Å². The molecule has 0 spiro atoms. The van der Waals surface area contributed by atoms with Crippen LogP contribution < -0.4 is 5.73 Å². The van der Waals surface area contributed by atoms with Crippen LogP contribution in [0, 0.1) is 11.7 Å². The van der Waals surface area contributed by atoms with E-state index in [0.29, 0.717) is 0 Å². The van der Waals surface area contributed by atoms with E-state index < -0.39 is 5.54 Å². The van der Waals surface area contributed by atoms with Crippen LogP contribution in [0.15, 0.2) is 18.3 Å². The maximum Gasteiger partial charge on any atom is 0.141 e.